The van der Waals surface area contributed by atoms with Crippen LogP contribution in [0.5, 0.6) is 0 Å². The molecule has 0 radical (unpaired) electrons. The van der Waals surface area contributed by atoms with Gasteiger partial charge in [0.25, 0.3) is 5.95 Å². The normalized spacial score (nSPS) is 15.9. The van der Waals surface area contributed by atoms with Gasteiger partial charge in [0.1, 0.15) is 11.5 Å². The van der Waals surface area contributed by atoms with Gasteiger partial charge in [0.05, 0.1) is 4.90 Å². The van der Waals surface area contributed by atoms with Crippen LogP contribution in [-0.2, 0) is 23.0 Å². The number of anilines is 3. The van der Waals surface area contributed by atoms with Gasteiger partial charge in [0.15, 0.2) is 5.82 Å². The summed E-state index contributed by atoms with van der Waals surface area (Å²) in [5.41, 5.74) is 2.70. The maximum absolute atomic E-state index is 13.4. The number of halogens is 1. The smallest absolute Gasteiger partial charge is 0.252 e. The summed E-state index contributed by atoms with van der Waals surface area (Å²) < 4.78 is 37.3. The van der Waals surface area contributed by atoms with Gasteiger partial charge in [0, 0.05) is 18.3 Å². The van der Waals surface area contributed by atoms with Gasteiger partial charge in [-0.25, -0.2) is 17.9 Å². The second kappa shape index (κ2) is 7.62. The lowest BCUT2D eigenvalue weighted by molar-refractivity contribution is 0.596. The topological polar surface area (TPSA) is 114 Å². The molecule has 0 spiro atoms. The van der Waals surface area contributed by atoms with E-state index < -0.39 is 10.0 Å². The zero-order valence-corrected chi connectivity index (χ0v) is 17.3. The molecule has 0 bridgehead atoms. The van der Waals surface area contributed by atoms with Gasteiger partial charge in [-0.3, -0.25) is 0 Å². The Hall–Kier alpha value is -3.11. The van der Waals surface area contributed by atoms with E-state index in [0.717, 1.165) is 5.56 Å². The first-order chi connectivity index (χ1) is 14.2. The molecule has 1 unspecified atom stereocenters. The summed E-state index contributed by atoms with van der Waals surface area (Å²) in [6.07, 6.45) is 0.491. The van der Waals surface area contributed by atoms with E-state index in [1.807, 2.05) is 24.0 Å². The number of nitrogens with one attached hydrogen (secondary N) is 1. The number of primary sulfonamides is 1. The van der Waals surface area contributed by atoms with Gasteiger partial charge < -0.3 is 10.2 Å². The minimum Gasteiger partial charge on any atom is -0.364 e. The fourth-order valence-electron chi connectivity index (χ4n) is 3.65. The van der Waals surface area contributed by atoms with Crippen LogP contribution in [0, 0.1) is 12.7 Å². The average Bonchev–Trinajstić information content (AvgIpc) is 3.02. The summed E-state index contributed by atoms with van der Waals surface area (Å²) in [5.74, 6) is 0.563. The summed E-state index contributed by atoms with van der Waals surface area (Å²) in [7, 11) is -3.84. The summed E-state index contributed by atoms with van der Waals surface area (Å²) in [6.45, 7) is 4.10. The van der Waals surface area contributed by atoms with Gasteiger partial charge in [-0.15, -0.1) is 10.2 Å². The number of benzene rings is 2. The first-order valence-electron chi connectivity index (χ1n) is 9.37. The zero-order chi connectivity index (χ0) is 21.5. The van der Waals surface area contributed by atoms with Crippen molar-refractivity contribution in [3.05, 3.63) is 65.1 Å². The highest BCUT2D eigenvalue weighted by atomic mass is 32.2. The van der Waals surface area contributed by atoms with E-state index in [9.17, 15) is 12.8 Å². The van der Waals surface area contributed by atoms with Crippen LogP contribution in [0.3, 0.4) is 0 Å². The van der Waals surface area contributed by atoms with E-state index in [0.29, 0.717) is 41.7 Å². The molecule has 156 valence electrons. The molecule has 3 N–H and O–H groups in total. The van der Waals surface area contributed by atoms with Crippen LogP contribution in [0.2, 0.25) is 0 Å². The molecule has 0 amide bonds. The first-order valence-corrected chi connectivity index (χ1v) is 10.9. The summed E-state index contributed by atoms with van der Waals surface area (Å²) in [4.78, 5) is 6.56. The number of hydrogen-bond donors (Lipinski definition) is 2. The molecule has 8 nitrogen and oxygen atoms in total. The molecule has 3 aromatic rings. The Bertz CT molecular complexity index is 1220. The predicted molar refractivity (Wildman–Crippen MR) is 111 cm³/mol. The van der Waals surface area contributed by atoms with E-state index in [1.165, 1.54) is 18.2 Å². The Kier molecular flexibility index (Phi) is 5.12. The van der Waals surface area contributed by atoms with Gasteiger partial charge >= 0.3 is 0 Å². The quantitative estimate of drug-likeness (QED) is 0.642. The number of aromatic nitrogens is 3. The fraction of sp³-hybridized carbons (Fsp3) is 0.250. The minimum atomic E-state index is -3.84. The predicted octanol–water partition coefficient (Wildman–Crippen LogP) is 2.66. The summed E-state index contributed by atoms with van der Waals surface area (Å²) in [5, 5.41) is 17.0. The molecule has 2 aromatic carbocycles. The molecule has 10 heteroatoms. The lowest BCUT2D eigenvalue weighted by Gasteiger charge is -2.23. The van der Waals surface area contributed by atoms with Gasteiger partial charge in [-0.05, 0) is 55.7 Å². The second-order valence-corrected chi connectivity index (χ2v) is 8.78. The van der Waals surface area contributed by atoms with Gasteiger partial charge in [0.2, 0.25) is 10.0 Å². The molecule has 1 aromatic heterocycles. The first kappa shape index (κ1) is 20.2. The zero-order valence-electron chi connectivity index (χ0n) is 16.5. The molecule has 1 aliphatic heterocycles. The number of hydrogen-bond acceptors (Lipinski definition) is 7. The third-order valence-corrected chi connectivity index (χ3v) is 6.02. The molecule has 0 saturated carbocycles. The van der Waals surface area contributed by atoms with Crippen LogP contribution in [0.15, 0.2) is 47.4 Å². The Balaban J connectivity index is 1.67. The van der Waals surface area contributed by atoms with Crippen LogP contribution in [0.1, 0.15) is 23.7 Å². The second-order valence-electron chi connectivity index (χ2n) is 7.25. The van der Waals surface area contributed by atoms with Crippen molar-refractivity contribution in [2.45, 2.75) is 37.8 Å². The standard InChI is InChI=1S/C20H21FN6O2S/c1-12-9-16-17(7-4-8-18(16)30(22,28)29)27(12)20-24-19(13(2)25-26-20)23-11-14-5-3-6-15(21)10-14/h3-8,10,12H,9,11H2,1-2H3,(H2,22,28,29)(H,23,24,26). The van der Waals surface area contributed by atoms with E-state index in [2.05, 4.69) is 20.5 Å². The maximum atomic E-state index is 13.4. The van der Waals surface area contributed by atoms with E-state index >= 15 is 0 Å². The third-order valence-electron chi connectivity index (χ3n) is 5.02. The number of nitrogens with zero attached hydrogens (tertiary/aromatic N) is 4. The molecule has 30 heavy (non-hydrogen) atoms. The molecule has 0 fully saturated rings. The SMILES string of the molecule is Cc1nnc(N2c3cccc(S(N)(=O)=O)c3CC2C)nc1NCc1cccc(F)c1. The lowest BCUT2D eigenvalue weighted by atomic mass is 10.1. The fourth-order valence-corrected chi connectivity index (χ4v) is 4.45. The van der Waals surface area contributed by atoms with Crippen molar-refractivity contribution < 1.29 is 12.8 Å². The monoisotopic (exact) mass is 428 g/mol. The van der Waals surface area contributed by atoms with Crippen molar-refractivity contribution in [1.82, 2.24) is 15.2 Å². The van der Waals surface area contributed by atoms with Crippen molar-refractivity contribution in [2.24, 2.45) is 5.14 Å². The molecular weight excluding hydrogens is 407 g/mol. The Morgan fingerprint density at radius 2 is 2.00 bits per heavy atom. The summed E-state index contributed by atoms with van der Waals surface area (Å²) >= 11 is 0. The number of fused-ring (bicyclic) bond motifs is 1. The Morgan fingerprint density at radius 3 is 2.73 bits per heavy atom. The van der Waals surface area contributed by atoms with Crippen LogP contribution in [0.25, 0.3) is 0 Å². The van der Waals surface area contributed by atoms with Crippen LogP contribution in [0.4, 0.5) is 21.8 Å². The average molecular weight is 428 g/mol. The molecule has 1 atom stereocenters. The lowest BCUT2D eigenvalue weighted by Crippen LogP contribution is -2.26. The Labute approximate surface area is 174 Å². The van der Waals surface area contributed by atoms with Crippen molar-refractivity contribution in [1.29, 1.82) is 0 Å². The van der Waals surface area contributed by atoms with E-state index in [-0.39, 0.29) is 16.8 Å². The maximum Gasteiger partial charge on any atom is 0.252 e. The largest absolute Gasteiger partial charge is 0.364 e. The highest BCUT2D eigenvalue weighted by Gasteiger charge is 2.33. The van der Waals surface area contributed by atoms with Crippen LogP contribution < -0.4 is 15.4 Å². The molecule has 1 aliphatic rings. The highest BCUT2D eigenvalue weighted by Crippen LogP contribution is 2.39. The van der Waals surface area contributed by atoms with Gasteiger partial charge in [-0.2, -0.15) is 4.98 Å². The van der Waals surface area contributed by atoms with Crippen molar-refractivity contribution >= 4 is 27.5 Å². The molecule has 0 saturated heterocycles. The summed E-state index contributed by atoms with van der Waals surface area (Å²) in [6, 6.07) is 11.2. The number of rotatable bonds is 5. The van der Waals surface area contributed by atoms with E-state index in [4.69, 9.17) is 5.14 Å². The third kappa shape index (κ3) is 3.83. The van der Waals surface area contributed by atoms with Crippen molar-refractivity contribution in [3.8, 4) is 0 Å². The van der Waals surface area contributed by atoms with Crippen LogP contribution >= 0.6 is 0 Å². The van der Waals surface area contributed by atoms with E-state index in [1.54, 1.807) is 19.1 Å². The molecular formula is C20H21FN6O2S. The molecule has 4 rings (SSSR count). The molecule has 2 heterocycles. The Morgan fingerprint density at radius 1 is 1.23 bits per heavy atom. The number of nitrogens with two attached hydrogens (primary N) is 1. The van der Waals surface area contributed by atoms with Gasteiger partial charge in [-0.1, -0.05) is 18.2 Å². The van der Waals surface area contributed by atoms with Crippen LogP contribution in [-0.4, -0.2) is 29.6 Å². The number of aryl methyl sites for hydroxylation is 1. The minimum absolute atomic E-state index is 0.0801. The molecule has 0 aliphatic carbocycles. The number of sulfonamides is 1. The van der Waals surface area contributed by atoms with Crippen molar-refractivity contribution in [3.63, 3.8) is 0 Å². The highest BCUT2D eigenvalue weighted by molar-refractivity contribution is 7.89. The van der Waals surface area contributed by atoms with Crippen molar-refractivity contribution in [2.75, 3.05) is 10.2 Å².